The Morgan fingerprint density at radius 2 is 1.85 bits per heavy atom. The highest BCUT2D eigenvalue weighted by atomic mass is 35.5. The fourth-order valence-corrected chi connectivity index (χ4v) is 3.15. The second-order valence-corrected chi connectivity index (χ2v) is 6.48. The number of ether oxygens (including phenoxy) is 1. The lowest BCUT2D eigenvalue weighted by atomic mass is 9.93. The Kier molecular flexibility index (Phi) is 7.12. The maximum absolute atomic E-state index is 11.4. The number of nitrogens with two attached hydrogens (primary N) is 1. The number of hydrogen-bond acceptors (Lipinski definition) is 6. The molecule has 0 atom stereocenters. The standard InChI is InChI=1S/C19H23N5O2.ClH/c1-26-18(25)12-13-8-10-24(11-9-13)17-7-6-16(22-23-17)14-2-4-15(5-3-14)19(20)21;/h2-7,13H,8-12H2,1H3,(H3,20,21);1H. The molecular weight excluding hydrogens is 366 g/mol. The molecule has 1 aliphatic rings. The van der Waals surface area contributed by atoms with Gasteiger partial charge in [0.25, 0.3) is 0 Å². The number of amidine groups is 1. The molecule has 0 amide bonds. The molecule has 0 radical (unpaired) electrons. The van der Waals surface area contributed by atoms with E-state index in [1.807, 2.05) is 24.3 Å². The van der Waals surface area contributed by atoms with E-state index >= 15 is 0 Å². The number of nitrogens with zero attached hydrogens (tertiary/aromatic N) is 3. The highest BCUT2D eigenvalue weighted by molar-refractivity contribution is 5.95. The highest BCUT2D eigenvalue weighted by Gasteiger charge is 2.22. The number of nitrogens with one attached hydrogen (secondary N) is 1. The Morgan fingerprint density at radius 3 is 2.37 bits per heavy atom. The third-order valence-electron chi connectivity index (χ3n) is 4.76. The molecule has 3 rings (SSSR count). The van der Waals surface area contributed by atoms with Gasteiger partial charge < -0.3 is 15.4 Å². The molecular formula is C19H24ClN5O2. The lowest BCUT2D eigenvalue weighted by molar-refractivity contribution is -0.141. The van der Waals surface area contributed by atoms with Gasteiger partial charge >= 0.3 is 5.97 Å². The maximum Gasteiger partial charge on any atom is 0.305 e. The molecule has 2 aromatic rings. The molecule has 1 aliphatic heterocycles. The van der Waals surface area contributed by atoms with E-state index in [1.54, 1.807) is 12.1 Å². The number of aromatic nitrogens is 2. The minimum atomic E-state index is -0.136. The largest absolute Gasteiger partial charge is 0.469 e. The van der Waals surface area contributed by atoms with Crippen molar-refractivity contribution in [1.82, 2.24) is 10.2 Å². The number of esters is 1. The van der Waals surface area contributed by atoms with Crippen molar-refractivity contribution < 1.29 is 9.53 Å². The van der Waals surface area contributed by atoms with Gasteiger partial charge in [0.15, 0.2) is 5.82 Å². The Morgan fingerprint density at radius 1 is 1.19 bits per heavy atom. The van der Waals surface area contributed by atoms with Crippen LogP contribution in [-0.2, 0) is 9.53 Å². The average molecular weight is 390 g/mol. The van der Waals surface area contributed by atoms with E-state index in [1.165, 1.54) is 7.11 Å². The van der Waals surface area contributed by atoms with Crippen molar-refractivity contribution in [3.05, 3.63) is 42.0 Å². The van der Waals surface area contributed by atoms with E-state index < -0.39 is 0 Å². The van der Waals surface area contributed by atoms with Gasteiger partial charge in [-0.1, -0.05) is 24.3 Å². The molecule has 0 aliphatic carbocycles. The van der Waals surface area contributed by atoms with Gasteiger partial charge in [-0.3, -0.25) is 10.2 Å². The van der Waals surface area contributed by atoms with Crippen LogP contribution < -0.4 is 10.6 Å². The van der Waals surface area contributed by atoms with Crippen LogP contribution in [0.2, 0.25) is 0 Å². The van der Waals surface area contributed by atoms with Crippen molar-refractivity contribution in [3.63, 3.8) is 0 Å². The lowest BCUT2D eigenvalue weighted by Crippen LogP contribution is -2.35. The first-order valence-corrected chi connectivity index (χ1v) is 8.67. The molecule has 1 aromatic heterocycles. The number of carbonyl (C=O) groups excluding carboxylic acids is 1. The minimum absolute atomic E-state index is 0. The summed E-state index contributed by atoms with van der Waals surface area (Å²) < 4.78 is 4.75. The molecule has 7 nitrogen and oxygen atoms in total. The van der Waals surface area contributed by atoms with Crippen LogP contribution >= 0.6 is 12.4 Å². The zero-order valence-corrected chi connectivity index (χ0v) is 16.0. The summed E-state index contributed by atoms with van der Waals surface area (Å²) in [4.78, 5) is 13.6. The number of rotatable bonds is 5. The number of piperidine rings is 1. The fourth-order valence-electron chi connectivity index (χ4n) is 3.15. The first-order chi connectivity index (χ1) is 12.6. The van der Waals surface area contributed by atoms with E-state index in [4.69, 9.17) is 15.9 Å². The first kappa shape index (κ1) is 20.6. The van der Waals surface area contributed by atoms with Crippen molar-refractivity contribution in [2.24, 2.45) is 11.7 Å². The predicted molar refractivity (Wildman–Crippen MR) is 107 cm³/mol. The third kappa shape index (κ3) is 5.17. The highest BCUT2D eigenvalue weighted by Crippen LogP contribution is 2.25. The van der Waals surface area contributed by atoms with Crippen molar-refractivity contribution in [3.8, 4) is 11.3 Å². The van der Waals surface area contributed by atoms with Gasteiger partial charge in [-0.15, -0.1) is 22.6 Å². The third-order valence-corrected chi connectivity index (χ3v) is 4.76. The predicted octanol–water partition coefficient (Wildman–Crippen LogP) is 2.63. The molecule has 8 heteroatoms. The van der Waals surface area contributed by atoms with Gasteiger partial charge in [0.1, 0.15) is 5.84 Å². The van der Waals surface area contributed by atoms with E-state index in [-0.39, 0.29) is 24.2 Å². The van der Waals surface area contributed by atoms with Crippen LogP contribution in [0.3, 0.4) is 0 Å². The van der Waals surface area contributed by atoms with Gasteiger partial charge in [0.2, 0.25) is 0 Å². The second-order valence-electron chi connectivity index (χ2n) is 6.48. The molecule has 0 unspecified atom stereocenters. The lowest BCUT2D eigenvalue weighted by Gasteiger charge is -2.32. The van der Waals surface area contributed by atoms with Crippen molar-refractivity contribution in [1.29, 1.82) is 5.41 Å². The molecule has 0 saturated carbocycles. The normalized spacial score (nSPS) is 14.3. The molecule has 0 bridgehead atoms. The summed E-state index contributed by atoms with van der Waals surface area (Å²) in [5, 5.41) is 16.1. The quantitative estimate of drug-likeness (QED) is 0.462. The number of carbonyl (C=O) groups is 1. The van der Waals surface area contributed by atoms with E-state index in [2.05, 4.69) is 15.1 Å². The Labute approximate surface area is 164 Å². The SMILES string of the molecule is COC(=O)CC1CCN(c2ccc(-c3ccc(C(=N)N)cc3)nn2)CC1.Cl. The van der Waals surface area contributed by atoms with E-state index in [0.29, 0.717) is 17.9 Å². The summed E-state index contributed by atoms with van der Waals surface area (Å²) in [5.41, 5.74) is 7.88. The zero-order chi connectivity index (χ0) is 18.5. The van der Waals surface area contributed by atoms with Gasteiger partial charge in [-0.2, -0.15) is 0 Å². The van der Waals surface area contributed by atoms with Crippen molar-refractivity contribution >= 4 is 30.0 Å². The second kappa shape index (κ2) is 9.32. The molecule has 1 saturated heterocycles. The average Bonchev–Trinajstić information content (AvgIpc) is 2.68. The van der Waals surface area contributed by atoms with Gasteiger partial charge in [0, 0.05) is 30.6 Å². The van der Waals surface area contributed by atoms with Crippen LogP contribution in [0.25, 0.3) is 11.3 Å². The van der Waals surface area contributed by atoms with Crippen LogP contribution in [0.15, 0.2) is 36.4 Å². The number of methoxy groups -OCH3 is 1. The first-order valence-electron chi connectivity index (χ1n) is 8.67. The number of anilines is 1. The molecule has 1 aromatic carbocycles. The Hall–Kier alpha value is -2.67. The van der Waals surface area contributed by atoms with Crippen molar-refractivity contribution in [2.45, 2.75) is 19.3 Å². The summed E-state index contributed by atoms with van der Waals surface area (Å²) in [5.74, 6) is 1.15. The van der Waals surface area contributed by atoms with Crippen LogP contribution in [-0.4, -0.2) is 42.2 Å². The zero-order valence-electron chi connectivity index (χ0n) is 15.2. The maximum atomic E-state index is 11.4. The molecule has 1 fully saturated rings. The summed E-state index contributed by atoms with van der Waals surface area (Å²) in [7, 11) is 1.43. The molecule has 0 spiro atoms. The number of halogens is 1. The van der Waals surface area contributed by atoms with Crippen LogP contribution in [0.1, 0.15) is 24.8 Å². The van der Waals surface area contributed by atoms with Gasteiger partial charge in [-0.25, -0.2) is 0 Å². The molecule has 3 N–H and O–H groups in total. The minimum Gasteiger partial charge on any atom is -0.469 e. The fraction of sp³-hybridized carbons (Fsp3) is 0.368. The van der Waals surface area contributed by atoms with Crippen LogP contribution in [0, 0.1) is 11.3 Å². The molecule has 27 heavy (non-hydrogen) atoms. The number of hydrogen-bond donors (Lipinski definition) is 2. The van der Waals surface area contributed by atoms with Crippen LogP contribution in [0.4, 0.5) is 5.82 Å². The summed E-state index contributed by atoms with van der Waals surface area (Å²) >= 11 is 0. The Bertz CT molecular complexity index is 772. The topological polar surface area (TPSA) is 105 Å². The summed E-state index contributed by atoms with van der Waals surface area (Å²) in [6.45, 7) is 1.73. The van der Waals surface area contributed by atoms with E-state index in [9.17, 15) is 4.79 Å². The molecule has 144 valence electrons. The number of nitrogen functional groups attached to an aromatic ring is 1. The Balaban J connectivity index is 0.00000261. The number of benzene rings is 1. The van der Waals surface area contributed by atoms with Gasteiger partial charge in [-0.05, 0) is 30.9 Å². The summed E-state index contributed by atoms with van der Waals surface area (Å²) in [6, 6.07) is 11.3. The summed E-state index contributed by atoms with van der Waals surface area (Å²) in [6.07, 6.45) is 2.39. The van der Waals surface area contributed by atoms with E-state index in [0.717, 1.165) is 43.0 Å². The monoisotopic (exact) mass is 389 g/mol. The van der Waals surface area contributed by atoms with Gasteiger partial charge in [0.05, 0.1) is 12.8 Å². The molecule has 2 heterocycles. The smallest absolute Gasteiger partial charge is 0.305 e. The van der Waals surface area contributed by atoms with Crippen molar-refractivity contribution in [2.75, 3.05) is 25.1 Å². The van der Waals surface area contributed by atoms with Crippen LogP contribution in [0.5, 0.6) is 0 Å².